The number of carbonyl (C=O) groups excluding carboxylic acids is 2. The maximum atomic E-state index is 14.7. The Bertz CT molecular complexity index is 1620. The van der Waals surface area contributed by atoms with Crippen molar-refractivity contribution in [2.24, 2.45) is 0 Å². The summed E-state index contributed by atoms with van der Waals surface area (Å²) in [4.78, 5) is 37.0. The number of halogens is 5. The lowest BCUT2D eigenvalue weighted by Crippen LogP contribution is -2.27. The van der Waals surface area contributed by atoms with Gasteiger partial charge in [-0.15, -0.1) is 18.3 Å². The molecule has 0 saturated heterocycles. The predicted molar refractivity (Wildman–Crippen MR) is 143 cm³/mol. The number of nitrogens with one attached hydrogen (secondary N) is 2. The van der Waals surface area contributed by atoms with Crippen LogP contribution >= 0.6 is 0 Å². The molecule has 0 spiro atoms. The van der Waals surface area contributed by atoms with Gasteiger partial charge in [0.25, 0.3) is 11.5 Å². The van der Waals surface area contributed by atoms with E-state index in [4.69, 9.17) is 0 Å². The second-order valence-corrected chi connectivity index (χ2v) is 9.34. The number of ether oxygens (including phenoxy) is 1. The monoisotopic (exact) mass is 604 g/mol. The lowest BCUT2D eigenvalue weighted by molar-refractivity contribution is -0.274. The Morgan fingerprint density at radius 3 is 2.51 bits per heavy atom. The van der Waals surface area contributed by atoms with Crippen molar-refractivity contribution in [3.05, 3.63) is 106 Å². The molecule has 2 aromatic carbocycles. The van der Waals surface area contributed by atoms with E-state index >= 15 is 0 Å². The van der Waals surface area contributed by atoms with Gasteiger partial charge in [0.2, 0.25) is 11.7 Å². The standard InChI is InChI=1S/C28H25F5N6O4/c29-20(9-11-38-12-10-22(25(30)27(38)42)35-24(40)14-18-5-2-1-3-6-18)16-39-17-23(36-37-39)26(41)34-15-19-7-4-8-21(13-19)43-28(31,32)33/h1-8,10,12-13,17,20H,9,11,14-16H2,(H,34,41)(H,35,40)/t20-/m0/s1. The van der Waals surface area contributed by atoms with Crippen molar-refractivity contribution in [3.8, 4) is 5.75 Å². The van der Waals surface area contributed by atoms with Gasteiger partial charge in [-0.25, -0.2) is 9.07 Å². The van der Waals surface area contributed by atoms with Gasteiger partial charge in [0.1, 0.15) is 11.9 Å². The van der Waals surface area contributed by atoms with E-state index in [-0.39, 0.29) is 43.9 Å². The summed E-state index contributed by atoms with van der Waals surface area (Å²) >= 11 is 0. The zero-order valence-corrected chi connectivity index (χ0v) is 22.4. The van der Waals surface area contributed by atoms with Crippen LogP contribution < -0.4 is 20.9 Å². The fourth-order valence-corrected chi connectivity index (χ4v) is 3.99. The van der Waals surface area contributed by atoms with Crippen molar-refractivity contribution in [3.63, 3.8) is 0 Å². The molecule has 2 amide bonds. The number of pyridine rings is 1. The minimum atomic E-state index is -4.85. The molecule has 4 aromatic rings. The molecule has 0 radical (unpaired) electrons. The predicted octanol–water partition coefficient (Wildman–Crippen LogP) is 4.02. The Kier molecular flexibility index (Phi) is 9.85. The van der Waals surface area contributed by atoms with Crippen molar-refractivity contribution >= 4 is 17.5 Å². The maximum absolute atomic E-state index is 14.7. The smallest absolute Gasteiger partial charge is 0.406 e. The van der Waals surface area contributed by atoms with Gasteiger partial charge in [0, 0.05) is 19.3 Å². The number of aryl methyl sites for hydroxylation is 1. The summed E-state index contributed by atoms with van der Waals surface area (Å²) in [5.74, 6) is -2.81. The van der Waals surface area contributed by atoms with Crippen LogP contribution in [0.25, 0.3) is 0 Å². The van der Waals surface area contributed by atoms with E-state index in [1.54, 1.807) is 30.3 Å². The van der Waals surface area contributed by atoms with E-state index in [1.807, 2.05) is 0 Å². The van der Waals surface area contributed by atoms with Crippen LogP contribution in [0.1, 0.15) is 28.0 Å². The second kappa shape index (κ2) is 13.7. The van der Waals surface area contributed by atoms with Gasteiger partial charge in [-0.05, 0) is 35.7 Å². The zero-order chi connectivity index (χ0) is 31.0. The van der Waals surface area contributed by atoms with E-state index in [1.165, 1.54) is 30.6 Å². The van der Waals surface area contributed by atoms with Crippen LogP contribution in [0.4, 0.5) is 27.6 Å². The highest BCUT2D eigenvalue weighted by Crippen LogP contribution is 2.23. The molecule has 2 N–H and O–H groups in total. The average Bonchev–Trinajstić information content (AvgIpc) is 3.42. The zero-order valence-electron chi connectivity index (χ0n) is 22.4. The van der Waals surface area contributed by atoms with Gasteiger partial charge in [-0.1, -0.05) is 47.7 Å². The number of benzene rings is 2. The minimum absolute atomic E-state index is 0.00673. The SMILES string of the molecule is O=C(Cc1ccccc1)Nc1ccn(CC[C@H](F)Cn2cc(C(=O)NCc3cccc(OC(F)(F)F)c3)nn2)c(=O)c1F. The molecule has 10 nitrogen and oxygen atoms in total. The van der Waals surface area contributed by atoms with Crippen molar-refractivity contribution in [1.82, 2.24) is 24.9 Å². The van der Waals surface area contributed by atoms with Crippen LogP contribution in [0, 0.1) is 5.82 Å². The van der Waals surface area contributed by atoms with Crippen LogP contribution in [-0.4, -0.2) is 43.9 Å². The average molecular weight is 605 g/mol. The van der Waals surface area contributed by atoms with Crippen molar-refractivity contribution in [1.29, 1.82) is 0 Å². The highest BCUT2D eigenvalue weighted by molar-refractivity contribution is 5.92. The molecule has 0 fully saturated rings. The van der Waals surface area contributed by atoms with Crippen molar-refractivity contribution < 1.29 is 36.3 Å². The summed E-state index contributed by atoms with van der Waals surface area (Å²) in [6, 6.07) is 15.1. The topological polar surface area (TPSA) is 120 Å². The van der Waals surface area contributed by atoms with E-state index in [2.05, 4.69) is 25.7 Å². The largest absolute Gasteiger partial charge is 0.573 e. The summed E-state index contributed by atoms with van der Waals surface area (Å²) in [5.41, 5.74) is -0.416. The summed E-state index contributed by atoms with van der Waals surface area (Å²) in [6.45, 7) is -0.621. The normalized spacial score (nSPS) is 12.0. The van der Waals surface area contributed by atoms with Crippen LogP contribution in [-0.2, 0) is 30.8 Å². The Balaban J connectivity index is 1.25. The first-order valence-electron chi connectivity index (χ1n) is 12.9. The van der Waals surface area contributed by atoms with Crippen molar-refractivity contribution in [2.75, 3.05) is 5.32 Å². The van der Waals surface area contributed by atoms with E-state index in [0.717, 1.165) is 21.4 Å². The molecule has 0 aliphatic rings. The molecule has 226 valence electrons. The number of hydrogen-bond acceptors (Lipinski definition) is 6. The third-order valence-electron chi connectivity index (χ3n) is 6.01. The molecule has 0 unspecified atom stereocenters. The Hall–Kier alpha value is -5.08. The molecule has 0 aliphatic carbocycles. The molecular weight excluding hydrogens is 579 g/mol. The highest BCUT2D eigenvalue weighted by atomic mass is 19.4. The quantitative estimate of drug-likeness (QED) is 0.236. The van der Waals surface area contributed by atoms with Gasteiger partial charge in [-0.2, -0.15) is 4.39 Å². The number of aromatic nitrogens is 4. The summed E-state index contributed by atoms with van der Waals surface area (Å²) in [7, 11) is 0. The Labute approximate surface area is 241 Å². The van der Waals surface area contributed by atoms with Crippen LogP contribution in [0.5, 0.6) is 5.75 Å². The van der Waals surface area contributed by atoms with Gasteiger partial charge in [0.05, 0.1) is 24.8 Å². The molecule has 4 rings (SSSR count). The first-order chi connectivity index (χ1) is 20.5. The second-order valence-electron chi connectivity index (χ2n) is 9.34. The molecule has 0 saturated carbocycles. The van der Waals surface area contributed by atoms with Crippen LogP contribution in [0.3, 0.4) is 0 Å². The number of rotatable bonds is 12. The number of hydrogen-bond donors (Lipinski definition) is 2. The fourth-order valence-electron chi connectivity index (χ4n) is 3.99. The summed E-state index contributed by atoms with van der Waals surface area (Å²) < 4.78 is 72.4. The third-order valence-corrected chi connectivity index (χ3v) is 6.01. The van der Waals surface area contributed by atoms with Gasteiger partial charge in [0.15, 0.2) is 5.69 Å². The molecule has 0 aliphatic heterocycles. The lowest BCUT2D eigenvalue weighted by Gasteiger charge is -2.12. The van der Waals surface area contributed by atoms with Gasteiger partial charge >= 0.3 is 6.36 Å². The minimum Gasteiger partial charge on any atom is -0.406 e. The molecule has 43 heavy (non-hydrogen) atoms. The lowest BCUT2D eigenvalue weighted by atomic mass is 10.1. The molecule has 2 heterocycles. The number of alkyl halides is 4. The molecule has 1 atom stereocenters. The van der Waals surface area contributed by atoms with Crippen molar-refractivity contribution in [2.45, 2.75) is 45.0 Å². The molecular formula is C28H25F5N6O4. The van der Waals surface area contributed by atoms with Gasteiger partial charge in [-0.3, -0.25) is 14.4 Å². The van der Waals surface area contributed by atoms with E-state index in [0.29, 0.717) is 11.1 Å². The van der Waals surface area contributed by atoms with Gasteiger partial charge < -0.3 is 19.9 Å². The molecule has 15 heteroatoms. The number of nitrogens with zero attached hydrogens (tertiary/aromatic N) is 4. The number of carbonyl (C=O) groups is 2. The molecule has 2 aromatic heterocycles. The van der Waals surface area contributed by atoms with Crippen LogP contribution in [0.2, 0.25) is 0 Å². The first-order valence-corrected chi connectivity index (χ1v) is 12.9. The van der Waals surface area contributed by atoms with Crippen LogP contribution in [0.15, 0.2) is 77.9 Å². The third kappa shape index (κ3) is 9.21. The Morgan fingerprint density at radius 1 is 1.02 bits per heavy atom. The Morgan fingerprint density at radius 2 is 1.77 bits per heavy atom. The number of amides is 2. The maximum Gasteiger partial charge on any atom is 0.573 e. The highest BCUT2D eigenvalue weighted by Gasteiger charge is 2.31. The van der Waals surface area contributed by atoms with E-state index in [9.17, 15) is 36.3 Å². The fraction of sp³-hybridized carbons (Fsp3) is 0.250. The first kappa shape index (κ1) is 30.9. The summed E-state index contributed by atoms with van der Waals surface area (Å²) in [6.07, 6.45) is -4.17. The molecule has 0 bridgehead atoms. The number of anilines is 1. The van der Waals surface area contributed by atoms with E-state index < -0.39 is 41.5 Å². The summed E-state index contributed by atoms with van der Waals surface area (Å²) in [5, 5.41) is 12.2.